The maximum absolute atomic E-state index is 13.6. The zero-order valence-electron chi connectivity index (χ0n) is 10.2. The van der Waals surface area contributed by atoms with Crippen LogP contribution in [0, 0.1) is 12.7 Å². The fourth-order valence-electron chi connectivity index (χ4n) is 1.64. The number of rotatable bonds is 3. The molecule has 0 fully saturated rings. The van der Waals surface area contributed by atoms with E-state index in [4.69, 9.17) is 5.73 Å². The number of nitrogens with one attached hydrogen (secondary N) is 1. The number of anilines is 2. The molecule has 3 N–H and O–H groups in total. The summed E-state index contributed by atoms with van der Waals surface area (Å²) in [4.78, 5) is -0.0732. The highest BCUT2D eigenvalue weighted by molar-refractivity contribution is 7.92. The van der Waals surface area contributed by atoms with Crippen LogP contribution < -0.4 is 10.5 Å². The fourth-order valence-corrected chi connectivity index (χ4v) is 2.83. The standard InChI is InChI=1S/C13H13FN2O2S/c1-9-6-7-10(14)12(8-9)16-19(17,18)13-5-3-2-4-11(13)15/h2-8,16H,15H2,1H3. The third kappa shape index (κ3) is 2.85. The molecule has 0 aliphatic heterocycles. The largest absolute Gasteiger partial charge is 0.398 e. The lowest BCUT2D eigenvalue weighted by Gasteiger charge is -2.11. The Kier molecular flexibility index (Phi) is 3.44. The van der Waals surface area contributed by atoms with Gasteiger partial charge in [-0.3, -0.25) is 4.72 Å². The maximum Gasteiger partial charge on any atom is 0.264 e. The summed E-state index contributed by atoms with van der Waals surface area (Å²) in [6.45, 7) is 1.74. The van der Waals surface area contributed by atoms with Crippen molar-refractivity contribution in [3.05, 3.63) is 53.8 Å². The highest BCUT2D eigenvalue weighted by Crippen LogP contribution is 2.23. The molecule has 4 nitrogen and oxygen atoms in total. The average molecular weight is 280 g/mol. The van der Waals surface area contributed by atoms with Gasteiger partial charge in [0.1, 0.15) is 10.7 Å². The van der Waals surface area contributed by atoms with E-state index >= 15 is 0 Å². The molecule has 6 heteroatoms. The summed E-state index contributed by atoms with van der Waals surface area (Å²) < 4.78 is 40.0. The maximum atomic E-state index is 13.6. The van der Waals surface area contributed by atoms with Crippen molar-refractivity contribution in [1.29, 1.82) is 0 Å². The van der Waals surface area contributed by atoms with Gasteiger partial charge in [0.15, 0.2) is 0 Å². The van der Waals surface area contributed by atoms with Crippen LogP contribution in [0.2, 0.25) is 0 Å². The molecule has 0 amide bonds. The molecule has 0 aliphatic rings. The minimum absolute atomic E-state index is 0.0732. The van der Waals surface area contributed by atoms with E-state index in [0.29, 0.717) is 0 Å². The first-order valence-electron chi connectivity index (χ1n) is 5.53. The number of nitrogen functional groups attached to an aromatic ring is 1. The first kappa shape index (κ1) is 13.4. The second-order valence-corrected chi connectivity index (χ2v) is 5.78. The number of hydrogen-bond acceptors (Lipinski definition) is 3. The normalized spacial score (nSPS) is 11.3. The third-order valence-electron chi connectivity index (χ3n) is 2.57. The number of nitrogens with two attached hydrogens (primary N) is 1. The van der Waals surface area contributed by atoms with Crippen LogP contribution in [-0.2, 0) is 10.0 Å². The molecule has 0 heterocycles. The minimum atomic E-state index is -3.90. The Bertz CT molecular complexity index is 714. The Labute approximate surface area is 111 Å². The van der Waals surface area contributed by atoms with E-state index in [2.05, 4.69) is 4.72 Å². The molecule has 2 rings (SSSR count). The van der Waals surface area contributed by atoms with Gasteiger partial charge in [-0.15, -0.1) is 0 Å². The summed E-state index contributed by atoms with van der Waals surface area (Å²) in [6, 6.07) is 10.2. The molecule has 0 radical (unpaired) electrons. The van der Waals surface area contributed by atoms with Gasteiger partial charge in [0, 0.05) is 0 Å². The van der Waals surface area contributed by atoms with Gasteiger partial charge in [0.25, 0.3) is 10.0 Å². The highest BCUT2D eigenvalue weighted by Gasteiger charge is 2.18. The Hall–Kier alpha value is -2.08. The van der Waals surface area contributed by atoms with E-state index in [1.54, 1.807) is 25.1 Å². The summed E-state index contributed by atoms with van der Waals surface area (Å²) in [5, 5.41) is 0. The number of benzene rings is 2. The van der Waals surface area contributed by atoms with E-state index in [0.717, 1.165) is 5.56 Å². The molecule has 0 spiro atoms. The number of halogens is 1. The van der Waals surface area contributed by atoms with Gasteiger partial charge < -0.3 is 5.73 Å². The van der Waals surface area contributed by atoms with Crippen molar-refractivity contribution in [3.63, 3.8) is 0 Å². The minimum Gasteiger partial charge on any atom is -0.398 e. The van der Waals surface area contributed by atoms with Crippen molar-refractivity contribution in [2.75, 3.05) is 10.5 Å². The molecule has 0 unspecified atom stereocenters. The van der Waals surface area contributed by atoms with Crippen molar-refractivity contribution >= 4 is 21.4 Å². The summed E-state index contributed by atoms with van der Waals surface area (Å²) in [6.07, 6.45) is 0. The predicted molar refractivity (Wildman–Crippen MR) is 72.8 cm³/mol. The van der Waals surface area contributed by atoms with E-state index in [1.165, 1.54) is 24.3 Å². The van der Waals surface area contributed by atoms with Gasteiger partial charge in [0.05, 0.1) is 11.4 Å². The predicted octanol–water partition coefficient (Wildman–Crippen LogP) is 2.52. The smallest absolute Gasteiger partial charge is 0.264 e. The Balaban J connectivity index is 2.43. The monoisotopic (exact) mass is 280 g/mol. The SMILES string of the molecule is Cc1ccc(F)c(NS(=O)(=O)c2ccccc2N)c1. The fraction of sp³-hybridized carbons (Fsp3) is 0.0769. The van der Waals surface area contributed by atoms with Crippen molar-refractivity contribution in [2.24, 2.45) is 0 Å². The lowest BCUT2D eigenvalue weighted by molar-refractivity contribution is 0.599. The lowest BCUT2D eigenvalue weighted by Crippen LogP contribution is -2.15. The highest BCUT2D eigenvalue weighted by atomic mass is 32.2. The van der Waals surface area contributed by atoms with Crippen molar-refractivity contribution in [3.8, 4) is 0 Å². The molecule has 0 aliphatic carbocycles. The number of aryl methyl sites for hydroxylation is 1. The molecule has 2 aromatic rings. The number of para-hydroxylation sites is 1. The van der Waals surface area contributed by atoms with E-state index in [-0.39, 0.29) is 16.3 Å². The van der Waals surface area contributed by atoms with Crippen LogP contribution >= 0.6 is 0 Å². The number of hydrogen-bond donors (Lipinski definition) is 2. The second-order valence-electron chi connectivity index (χ2n) is 4.13. The summed E-state index contributed by atoms with van der Waals surface area (Å²) in [7, 11) is -3.90. The van der Waals surface area contributed by atoms with Crippen LogP contribution in [0.5, 0.6) is 0 Å². The molecule has 0 bridgehead atoms. The molecule has 2 aromatic carbocycles. The summed E-state index contributed by atoms with van der Waals surface area (Å²) in [5.41, 5.74) is 6.39. The van der Waals surface area contributed by atoms with Crippen LogP contribution in [0.4, 0.5) is 15.8 Å². The zero-order valence-corrected chi connectivity index (χ0v) is 11.0. The summed E-state index contributed by atoms with van der Waals surface area (Å²) >= 11 is 0. The molecular formula is C13H13FN2O2S. The van der Waals surface area contributed by atoms with Gasteiger partial charge in [0.2, 0.25) is 0 Å². The van der Waals surface area contributed by atoms with Crippen LogP contribution in [0.1, 0.15) is 5.56 Å². The van der Waals surface area contributed by atoms with Crippen LogP contribution in [0.15, 0.2) is 47.4 Å². The summed E-state index contributed by atoms with van der Waals surface area (Å²) in [5.74, 6) is -0.635. The Morgan fingerprint density at radius 1 is 1.16 bits per heavy atom. The topological polar surface area (TPSA) is 72.2 Å². The molecule has 19 heavy (non-hydrogen) atoms. The molecule has 0 aromatic heterocycles. The zero-order chi connectivity index (χ0) is 14.0. The third-order valence-corrected chi connectivity index (χ3v) is 4.01. The van der Waals surface area contributed by atoms with Gasteiger partial charge in [-0.25, -0.2) is 12.8 Å². The Morgan fingerprint density at radius 2 is 1.84 bits per heavy atom. The van der Waals surface area contributed by atoms with Crippen molar-refractivity contribution < 1.29 is 12.8 Å². The van der Waals surface area contributed by atoms with E-state index < -0.39 is 15.8 Å². The Morgan fingerprint density at radius 3 is 2.53 bits per heavy atom. The lowest BCUT2D eigenvalue weighted by atomic mass is 10.2. The first-order valence-corrected chi connectivity index (χ1v) is 7.02. The molecule has 0 atom stereocenters. The second kappa shape index (κ2) is 4.89. The van der Waals surface area contributed by atoms with Crippen molar-refractivity contribution in [2.45, 2.75) is 11.8 Å². The van der Waals surface area contributed by atoms with Crippen LogP contribution in [0.25, 0.3) is 0 Å². The van der Waals surface area contributed by atoms with Crippen LogP contribution in [0.3, 0.4) is 0 Å². The molecule has 0 saturated carbocycles. The van der Waals surface area contributed by atoms with Crippen molar-refractivity contribution in [1.82, 2.24) is 0 Å². The van der Waals surface area contributed by atoms with Crippen LogP contribution in [-0.4, -0.2) is 8.42 Å². The van der Waals surface area contributed by atoms with E-state index in [9.17, 15) is 12.8 Å². The quantitative estimate of drug-likeness (QED) is 0.848. The van der Waals surface area contributed by atoms with Gasteiger partial charge in [-0.2, -0.15) is 0 Å². The average Bonchev–Trinajstić information content (AvgIpc) is 2.34. The molecular weight excluding hydrogens is 267 g/mol. The van der Waals surface area contributed by atoms with Gasteiger partial charge >= 0.3 is 0 Å². The van der Waals surface area contributed by atoms with Gasteiger partial charge in [-0.1, -0.05) is 18.2 Å². The van der Waals surface area contributed by atoms with Gasteiger partial charge in [-0.05, 0) is 36.8 Å². The van der Waals surface area contributed by atoms with E-state index in [1.807, 2.05) is 0 Å². The molecule has 100 valence electrons. The first-order chi connectivity index (χ1) is 8.90. The number of sulfonamides is 1. The molecule has 0 saturated heterocycles.